The summed E-state index contributed by atoms with van der Waals surface area (Å²) in [7, 11) is 0. The zero-order valence-electron chi connectivity index (χ0n) is 17.8. The summed E-state index contributed by atoms with van der Waals surface area (Å²) in [4.78, 5) is 29.9. The van der Waals surface area contributed by atoms with E-state index in [-0.39, 0.29) is 22.9 Å². The van der Waals surface area contributed by atoms with Crippen molar-refractivity contribution in [2.75, 3.05) is 10.2 Å². The van der Waals surface area contributed by atoms with Gasteiger partial charge in [-0.15, -0.1) is 11.3 Å². The molecule has 3 aromatic rings. The normalized spacial score (nSPS) is 11.5. The highest BCUT2D eigenvalue weighted by Crippen LogP contribution is 2.31. The van der Waals surface area contributed by atoms with Gasteiger partial charge in [-0.25, -0.2) is 9.37 Å². The lowest BCUT2D eigenvalue weighted by molar-refractivity contribution is -0.116. The summed E-state index contributed by atoms with van der Waals surface area (Å²) in [6.45, 7) is 7.74. The Kier molecular flexibility index (Phi) is 6.65. The second-order valence-electron chi connectivity index (χ2n) is 8.01. The first-order valence-electron chi connectivity index (χ1n) is 9.75. The molecule has 160 valence electrons. The topological polar surface area (TPSA) is 62.3 Å². The maximum absolute atomic E-state index is 14.2. The number of carbonyl (C=O) groups excluding carboxylic acids is 2. The number of amides is 2. The number of aromatic nitrogens is 1. The fraction of sp³-hybridized carbons (Fsp3) is 0.208. The van der Waals surface area contributed by atoms with Crippen molar-refractivity contribution in [2.24, 2.45) is 0 Å². The fourth-order valence-electron chi connectivity index (χ4n) is 2.89. The van der Waals surface area contributed by atoms with Crippen LogP contribution in [-0.4, -0.2) is 16.8 Å². The molecule has 0 aliphatic heterocycles. The van der Waals surface area contributed by atoms with Gasteiger partial charge < -0.3 is 5.32 Å². The third kappa shape index (κ3) is 5.64. The predicted molar refractivity (Wildman–Crippen MR) is 124 cm³/mol. The van der Waals surface area contributed by atoms with Gasteiger partial charge in [-0.2, -0.15) is 0 Å². The van der Waals surface area contributed by atoms with Crippen molar-refractivity contribution in [3.8, 4) is 0 Å². The quantitative estimate of drug-likeness (QED) is 0.504. The summed E-state index contributed by atoms with van der Waals surface area (Å²) in [5, 5.41) is 4.84. The number of benzene rings is 2. The first kappa shape index (κ1) is 22.4. The Labute approximate surface area is 185 Å². The number of carbonyl (C=O) groups is 2. The van der Waals surface area contributed by atoms with E-state index in [9.17, 15) is 14.0 Å². The molecular formula is C24H24FN3O2S. The molecule has 1 aromatic heterocycles. The van der Waals surface area contributed by atoms with Gasteiger partial charge in [0.25, 0.3) is 0 Å². The molecular weight excluding hydrogens is 413 g/mol. The van der Waals surface area contributed by atoms with E-state index in [2.05, 4.69) is 31.1 Å². The summed E-state index contributed by atoms with van der Waals surface area (Å²) in [5.74, 6) is -1.16. The number of para-hydroxylation sites is 1. The van der Waals surface area contributed by atoms with Crippen LogP contribution in [0, 0.1) is 5.82 Å². The summed E-state index contributed by atoms with van der Waals surface area (Å²) in [6.07, 6.45) is 2.93. The Morgan fingerprint density at radius 3 is 2.39 bits per heavy atom. The van der Waals surface area contributed by atoms with Crippen LogP contribution in [0.4, 0.5) is 20.9 Å². The highest BCUT2D eigenvalue weighted by atomic mass is 32.1. The van der Waals surface area contributed by atoms with Gasteiger partial charge in [0.2, 0.25) is 11.8 Å². The van der Waals surface area contributed by atoms with Gasteiger partial charge in [0, 0.05) is 24.1 Å². The first-order chi connectivity index (χ1) is 14.6. The Morgan fingerprint density at radius 1 is 1.10 bits per heavy atom. The average Bonchev–Trinajstić information content (AvgIpc) is 3.16. The molecule has 1 N–H and O–H groups in total. The van der Waals surface area contributed by atoms with Gasteiger partial charge in [0.1, 0.15) is 5.82 Å². The molecule has 0 radical (unpaired) electrons. The van der Waals surface area contributed by atoms with Crippen LogP contribution in [0.2, 0.25) is 0 Å². The molecule has 31 heavy (non-hydrogen) atoms. The van der Waals surface area contributed by atoms with Crippen LogP contribution in [-0.2, 0) is 15.0 Å². The molecule has 1 heterocycles. The maximum atomic E-state index is 14.2. The van der Waals surface area contributed by atoms with Gasteiger partial charge in [0.15, 0.2) is 5.13 Å². The van der Waals surface area contributed by atoms with E-state index in [0.29, 0.717) is 16.5 Å². The third-order valence-electron chi connectivity index (χ3n) is 4.53. The Balaban J connectivity index is 1.70. The lowest BCUT2D eigenvalue weighted by atomic mass is 9.87. The monoisotopic (exact) mass is 437 g/mol. The van der Waals surface area contributed by atoms with Gasteiger partial charge >= 0.3 is 0 Å². The molecule has 0 saturated carbocycles. The molecule has 0 saturated heterocycles. The minimum absolute atomic E-state index is 0.0428. The van der Waals surface area contributed by atoms with Crippen LogP contribution in [0.25, 0.3) is 6.08 Å². The minimum atomic E-state index is -0.512. The number of nitrogens with one attached hydrogen (secondary N) is 1. The van der Waals surface area contributed by atoms with E-state index >= 15 is 0 Å². The van der Waals surface area contributed by atoms with Crippen LogP contribution in [0.5, 0.6) is 0 Å². The van der Waals surface area contributed by atoms with Crippen molar-refractivity contribution in [3.05, 3.63) is 77.1 Å². The number of hydrogen-bond donors (Lipinski definition) is 1. The molecule has 0 spiro atoms. The minimum Gasteiger partial charge on any atom is -0.323 e. The van der Waals surface area contributed by atoms with Crippen molar-refractivity contribution in [3.63, 3.8) is 0 Å². The highest BCUT2D eigenvalue weighted by Gasteiger charge is 2.20. The number of hydrogen-bond acceptors (Lipinski definition) is 4. The Hall–Kier alpha value is -3.32. The summed E-state index contributed by atoms with van der Waals surface area (Å²) >= 11 is 1.19. The molecule has 0 aliphatic rings. The van der Waals surface area contributed by atoms with E-state index in [4.69, 9.17) is 0 Å². The molecule has 0 unspecified atom stereocenters. The molecule has 0 bridgehead atoms. The fourth-order valence-corrected chi connectivity index (χ4v) is 3.74. The SMILES string of the molecule is CC(=O)N(c1nc(/C=C/C(=O)Nc2ccc(C(C)(C)C)cc2)cs1)c1ccccc1F. The molecule has 0 fully saturated rings. The van der Waals surface area contributed by atoms with Crippen LogP contribution in [0.15, 0.2) is 60.0 Å². The highest BCUT2D eigenvalue weighted by molar-refractivity contribution is 7.14. The zero-order chi connectivity index (χ0) is 22.6. The van der Waals surface area contributed by atoms with Crippen LogP contribution in [0.1, 0.15) is 39.0 Å². The Morgan fingerprint density at radius 2 is 1.77 bits per heavy atom. The van der Waals surface area contributed by atoms with Crippen molar-refractivity contribution in [1.82, 2.24) is 4.98 Å². The van der Waals surface area contributed by atoms with E-state index in [1.165, 1.54) is 46.9 Å². The smallest absolute Gasteiger partial charge is 0.248 e. The zero-order valence-corrected chi connectivity index (χ0v) is 18.7. The van der Waals surface area contributed by atoms with E-state index in [0.717, 1.165) is 0 Å². The van der Waals surface area contributed by atoms with Gasteiger partial charge in [-0.3, -0.25) is 14.5 Å². The molecule has 3 rings (SSSR count). The summed E-state index contributed by atoms with van der Waals surface area (Å²) < 4.78 is 14.2. The largest absolute Gasteiger partial charge is 0.323 e. The second kappa shape index (κ2) is 9.22. The maximum Gasteiger partial charge on any atom is 0.248 e. The van der Waals surface area contributed by atoms with Crippen LogP contribution < -0.4 is 10.2 Å². The Bertz CT molecular complexity index is 1110. The second-order valence-corrected chi connectivity index (χ2v) is 8.85. The number of rotatable bonds is 5. The molecule has 2 aromatic carbocycles. The van der Waals surface area contributed by atoms with Crippen LogP contribution in [0.3, 0.4) is 0 Å². The van der Waals surface area contributed by atoms with Crippen molar-refractivity contribution >= 4 is 45.7 Å². The third-order valence-corrected chi connectivity index (χ3v) is 5.38. The van der Waals surface area contributed by atoms with Crippen molar-refractivity contribution < 1.29 is 14.0 Å². The molecule has 0 atom stereocenters. The van der Waals surface area contributed by atoms with Crippen molar-refractivity contribution in [1.29, 1.82) is 0 Å². The molecule has 0 aliphatic carbocycles. The summed E-state index contributed by atoms with van der Waals surface area (Å²) in [6, 6.07) is 13.7. The lowest BCUT2D eigenvalue weighted by Crippen LogP contribution is -2.23. The predicted octanol–water partition coefficient (Wildman–Crippen LogP) is 5.92. The van der Waals surface area contributed by atoms with E-state index in [1.54, 1.807) is 23.6 Å². The van der Waals surface area contributed by atoms with Gasteiger partial charge in [-0.05, 0) is 41.3 Å². The van der Waals surface area contributed by atoms with Gasteiger partial charge in [0.05, 0.1) is 11.4 Å². The van der Waals surface area contributed by atoms with Crippen molar-refractivity contribution in [2.45, 2.75) is 33.1 Å². The van der Waals surface area contributed by atoms with E-state index < -0.39 is 5.82 Å². The van der Waals surface area contributed by atoms with Gasteiger partial charge in [-0.1, -0.05) is 45.0 Å². The van der Waals surface area contributed by atoms with E-state index in [1.807, 2.05) is 24.3 Å². The number of thiazole rings is 1. The standard InChI is InChI=1S/C24H24FN3O2S/c1-16(29)28(21-8-6-5-7-20(21)25)23-27-19(15-31-23)13-14-22(30)26-18-11-9-17(10-12-18)24(2,3)4/h5-15H,1-4H3,(H,26,30)/b14-13+. The first-order valence-corrected chi connectivity index (χ1v) is 10.6. The molecule has 7 heteroatoms. The number of nitrogens with zero attached hydrogens (tertiary/aromatic N) is 2. The lowest BCUT2D eigenvalue weighted by Gasteiger charge is -2.19. The molecule has 2 amide bonds. The number of anilines is 3. The van der Waals surface area contributed by atoms with Crippen LogP contribution >= 0.6 is 11.3 Å². The summed E-state index contributed by atoms with van der Waals surface area (Å²) in [5.41, 5.74) is 2.56. The number of halogens is 1. The molecule has 5 nitrogen and oxygen atoms in total. The average molecular weight is 438 g/mol.